The van der Waals surface area contributed by atoms with Crippen molar-refractivity contribution >= 4 is 12.0 Å². The largest absolute Gasteiger partial charge is 0.465 e. The number of rotatable bonds is 8. The highest BCUT2D eigenvalue weighted by Crippen LogP contribution is 2.44. The number of hydrogen-bond donors (Lipinski definition) is 1. The van der Waals surface area contributed by atoms with Gasteiger partial charge < -0.3 is 14.4 Å². The average Bonchev–Trinajstić information content (AvgIpc) is 3.39. The van der Waals surface area contributed by atoms with Crippen LogP contribution in [0, 0.1) is 0 Å². The van der Waals surface area contributed by atoms with E-state index in [1.807, 2.05) is 24.3 Å². The topological polar surface area (TPSA) is 67.6 Å². The number of ether oxygens (including phenoxy) is 1. The Hall–Kier alpha value is -4.00. The first-order chi connectivity index (χ1) is 18.6. The van der Waals surface area contributed by atoms with Gasteiger partial charge in [-0.25, -0.2) is 4.98 Å². The van der Waals surface area contributed by atoms with Crippen molar-refractivity contribution in [1.82, 2.24) is 14.5 Å². The summed E-state index contributed by atoms with van der Waals surface area (Å²) in [5.74, 6) is -0.313. The van der Waals surface area contributed by atoms with Crippen LogP contribution >= 0.6 is 0 Å². The number of imidazole rings is 1. The molecule has 1 fully saturated rings. The Labute approximate surface area is 223 Å². The van der Waals surface area contributed by atoms with Crippen molar-refractivity contribution < 1.29 is 14.6 Å². The Bertz CT molecular complexity index is 1270. The van der Waals surface area contributed by atoms with E-state index in [1.165, 1.54) is 16.7 Å². The molecule has 0 saturated carbocycles. The number of carbonyl (C=O) groups is 1. The minimum atomic E-state index is -0.586. The molecule has 1 unspecified atom stereocenters. The van der Waals surface area contributed by atoms with E-state index in [0.29, 0.717) is 26.1 Å². The molecule has 1 aliphatic rings. The molecule has 6 heteroatoms. The molecule has 0 bridgehead atoms. The summed E-state index contributed by atoms with van der Waals surface area (Å²) in [5.41, 5.74) is 4.59. The SMILES string of the molecule is CCOC(=O)Cn1cncc1/C=C1/CN(C(c2ccccc2)(c2ccccc2)c2ccccc2)CCC1O. The lowest BCUT2D eigenvalue weighted by Crippen LogP contribution is -2.52. The lowest BCUT2D eigenvalue weighted by Gasteiger charge is -2.48. The average molecular weight is 508 g/mol. The fraction of sp³-hybridized carbons (Fsp3) is 0.250. The fourth-order valence-electron chi connectivity index (χ4n) is 5.50. The minimum absolute atomic E-state index is 0.0781. The van der Waals surface area contributed by atoms with Crippen LogP contribution in [0.3, 0.4) is 0 Å². The molecule has 1 aliphatic heterocycles. The van der Waals surface area contributed by atoms with Gasteiger partial charge in [-0.2, -0.15) is 0 Å². The van der Waals surface area contributed by atoms with E-state index in [9.17, 15) is 9.90 Å². The third kappa shape index (κ3) is 5.05. The third-order valence-electron chi connectivity index (χ3n) is 7.21. The van der Waals surface area contributed by atoms with Gasteiger partial charge in [0.15, 0.2) is 0 Å². The standard InChI is InChI=1S/C32H33N3O3/c1-2-38-31(37)23-34-24-33-21-29(34)20-25-22-35(19-18-30(25)36)32(26-12-6-3-7-13-26,27-14-8-4-9-15-27)28-16-10-5-11-17-28/h3-17,20-21,24,30,36H,2,18-19,22-23H2,1H3/b25-20-. The minimum Gasteiger partial charge on any atom is -0.465 e. The Morgan fingerprint density at radius 1 is 0.974 bits per heavy atom. The van der Waals surface area contributed by atoms with Gasteiger partial charge in [-0.3, -0.25) is 9.69 Å². The molecule has 0 spiro atoms. The van der Waals surface area contributed by atoms with Gasteiger partial charge >= 0.3 is 5.97 Å². The number of esters is 1. The number of hydrogen-bond acceptors (Lipinski definition) is 5. The smallest absolute Gasteiger partial charge is 0.325 e. The summed E-state index contributed by atoms with van der Waals surface area (Å²) in [7, 11) is 0. The van der Waals surface area contributed by atoms with Crippen molar-refractivity contribution in [2.24, 2.45) is 0 Å². The molecule has 1 N–H and O–H groups in total. The second kappa shape index (κ2) is 11.6. The second-order valence-corrected chi connectivity index (χ2v) is 9.51. The predicted octanol–water partition coefficient (Wildman–Crippen LogP) is 4.89. The molecule has 1 atom stereocenters. The Morgan fingerprint density at radius 2 is 1.53 bits per heavy atom. The number of piperidine rings is 1. The zero-order valence-corrected chi connectivity index (χ0v) is 21.6. The van der Waals surface area contributed by atoms with Crippen molar-refractivity contribution in [1.29, 1.82) is 0 Å². The number of benzene rings is 3. The normalized spacial score (nSPS) is 17.4. The molecule has 2 heterocycles. The van der Waals surface area contributed by atoms with E-state index in [0.717, 1.165) is 11.3 Å². The Balaban J connectivity index is 1.61. The van der Waals surface area contributed by atoms with Crippen LogP contribution in [0.4, 0.5) is 0 Å². The van der Waals surface area contributed by atoms with Crippen LogP contribution in [0.1, 0.15) is 35.7 Å². The van der Waals surface area contributed by atoms with Gasteiger partial charge in [-0.1, -0.05) is 91.0 Å². The van der Waals surface area contributed by atoms with Gasteiger partial charge in [0.1, 0.15) is 6.54 Å². The highest BCUT2D eigenvalue weighted by molar-refractivity contribution is 5.69. The maximum atomic E-state index is 12.1. The summed E-state index contributed by atoms with van der Waals surface area (Å²) in [6, 6.07) is 31.7. The monoisotopic (exact) mass is 507 g/mol. The van der Waals surface area contributed by atoms with Gasteiger partial charge in [0.25, 0.3) is 0 Å². The molecule has 38 heavy (non-hydrogen) atoms. The van der Waals surface area contributed by atoms with Crippen LogP contribution in [-0.2, 0) is 21.6 Å². The molecule has 3 aromatic carbocycles. The van der Waals surface area contributed by atoms with E-state index in [1.54, 1.807) is 24.0 Å². The molecule has 6 nitrogen and oxygen atoms in total. The van der Waals surface area contributed by atoms with Crippen molar-refractivity contribution in [2.45, 2.75) is 31.5 Å². The summed E-state index contributed by atoms with van der Waals surface area (Å²) < 4.78 is 6.88. The highest BCUT2D eigenvalue weighted by atomic mass is 16.5. The zero-order valence-electron chi connectivity index (χ0n) is 21.6. The van der Waals surface area contributed by atoms with Crippen molar-refractivity contribution in [3.8, 4) is 0 Å². The van der Waals surface area contributed by atoms with Crippen LogP contribution in [0.25, 0.3) is 6.08 Å². The zero-order chi connectivity index (χ0) is 26.4. The first kappa shape index (κ1) is 25.6. The summed E-state index contributed by atoms with van der Waals surface area (Å²) in [6.07, 6.45) is 5.31. The molecule has 4 aromatic rings. The molecule has 1 aromatic heterocycles. The van der Waals surface area contributed by atoms with Crippen LogP contribution in [0.2, 0.25) is 0 Å². The number of aromatic nitrogens is 2. The number of carbonyl (C=O) groups excluding carboxylic acids is 1. The van der Waals surface area contributed by atoms with E-state index in [-0.39, 0.29) is 12.5 Å². The van der Waals surface area contributed by atoms with E-state index in [4.69, 9.17) is 4.74 Å². The number of aliphatic hydroxyl groups is 1. The van der Waals surface area contributed by atoms with Crippen molar-refractivity contribution in [2.75, 3.05) is 19.7 Å². The van der Waals surface area contributed by atoms with Crippen LogP contribution in [0.15, 0.2) is 109 Å². The maximum Gasteiger partial charge on any atom is 0.325 e. The van der Waals surface area contributed by atoms with E-state index in [2.05, 4.69) is 82.7 Å². The summed E-state index contributed by atoms with van der Waals surface area (Å²) in [5, 5.41) is 11.1. The Kier molecular flexibility index (Phi) is 7.82. The lowest BCUT2D eigenvalue weighted by atomic mass is 9.74. The van der Waals surface area contributed by atoms with Gasteiger partial charge in [-0.15, -0.1) is 0 Å². The van der Waals surface area contributed by atoms with Gasteiger partial charge in [0.05, 0.1) is 36.5 Å². The van der Waals surface area contributed by atoms with Crippen molar-refractivity contribution in [3.63, 3.8) is 0 Å². The van der Waals surface area contributed by atoms with E-state index < -0.39 is 11.6 Å². The molecule has 0 amide bonds. The fourth-order valence-corrected chi connectivity index (χ4v) is 5.50. The molecule has 0 aliphatic carbocycles. The highest BCUT2D eigenvalue weighted by Gasteiger charge is 2.44. The van der Waals surface area contributed by atoms with E-state index >= 15 is 0 Å². The molecular weight excluding hydrogens is 474 g/mol. The maximum absolute atomic E-state index is 12.1. The van der Waals surface area contributed by atoms with Crippen LogP contribution < -0.4 is 0 Å². The van der Waals surface area contributed by atoms with Crippen LogP contribution in [0.5, 0.6) is 0 Å². The van der Waals surface area contributed by atoms with Crippen molar-refractivity contribution in [3.05, 3.63) is 131 Å². The first-order valence-corrected chi connectivity index (χ1v) is 13.1. The molecule has 1 saturated heterocycles. The molecular formula is C32H33N3O3. The summed E-state index contributed by atoms with van der Waals surface area (Å²) in [6.45, 7) is 3.46. The molecule has 0 radical (unpaired) electrons. The first-order valence-electron chi connectivity index (χ1n) is 13.1. The predicted molar refractivity (Wildman–Crippen MR) is 148 cm³/mol. The quantitative estimate of drug-likeness (QED) is 0.272. The van der Waals surface area contributed by atoms with Gasteiger partial charge in [-0.05, 0) is 41.7 Å². The second-order valence-electron chi connectivity index (χ2n) is 9.51. The summed E-state index contributed by atoms with van der Waals surface area (Å²) >= 11 is 0. The molecule has 5 rings (SSSR count). The van der Waals surface area contributed by atoms with Gasteiger partial charge in [0.2, 0.25) is 0 Å². The number of nitrogens with zero attached hydrogens (tertiary/aromatic N) is 3. The van der Waals surface area contributed by atoms with Crippen LogP contribution in [-0.4, -0.2) is 51.3 Å². The number of aliphatic hydroxyl groups excluding tert-OH is 1. The number of likely N-dealkylation sites (tertiary alicyclic amines) is 1. The van der Waals surface area contributed by atoms with Gasteiger partial charge in [0, 0.05) is 13.1 Å². The summed E-state index contributed by atoms with van der Waals surface area (Å²) in [4.78, 5) is 18.8. The third-order valence-corrected chi connectivity index (χ3v) is 7.21. The molecule has 194 valence electrons. The lowest BCUT2D eigenvalue weighted by molar-refractivity contribution is -0.143. The Morgan fingerprint density at radius 3 is 2.05 bits per heavy atom.